The monoisotopic (exact) mass is 423 g/mol. The van der Waals surface area contributed by atoms with Gasteiger partial charge in [0.1, 0.15) is 0 Å². The number of hydrogen-bond donors (Lipinski definition) is 1. The van der Waals surface area contributed by atoms with Crippen LogP contribution in [0.2, 0.25) is 0 Å². The summed E-state index contributed by atoms with van der Waals surface area (Å²) in [5.74, 6) is -0.113. The quantitative estimate of drug-likeness (QED) is 0.287. The number of rotatable bonds is 3. The molecule has 156 valence electrons. The summed E-state index contributed by atoms with van der Waals surface area (Å²) >= 11 is 0. The van der Waals surface area contributed by atoms with Gasteiger partial charge in [0.25, 0.3) is 5.91 Å². The number of anilines is 1. The molecule has 0 bridgehead atoms. The largest absolute Gasteiger partial charge is 0.321 e. The fourth-order valence-corrected chi connectivity index (χ4v) is 4.63. The Hall–Kier alpha value is -4.43. The molecule has 0 radical (unpaired) electrons. The summed E-state index contributed by atoms with van der Waals surface area (Å²) in [5.41, 5.74) is 3.57. The highest BCUT2D eigenvalue weighted by atomic mass is 16.1. The molecule has 2 nitrogen and oxygen atoms in total. The number of para-hydroxylation sites is 1. The van der Waals surface area contributed by atoms with Crippen molar-refractivity contribution in [2.24, 2.45) is 0 Å². The van der Waals surface area contributed by atoms with Crippen molar-refractivity contribution in [3.8, 4) is 11.1 Å². The maximum Gasteiger partial charge on any atom is 0.255 e. The SMILES string of the molecule is O=C(Nc1ccccc1-c1cc2ccccc2c2ccccc12)c1ccc2ccccc2c1. The van der Waals surface area contributed by atoms with Crippen molar-refractivity contribution in [3.05, 3.63) is 127 Å². The molecule has 0 aromatic heterocycles. The lowest BCUT2D eigenvalue weighted by Gasteiger charge is -2.15. The molecule has 1 amide bonds. The minimum Gasteiger partial charge on any atom is -0.321 e. The molecule has 0 saturated carbocycles. The summed E-state index contributed by atoms with van der Waals surface area (Å²) < 4.78 is 0. The van der Waals surface area contributed by atoms with Crippen LogP contribution in [0.1, 0.15) is 10.4 Å². The van der Waals surface area contributed by atoms with E-state index in [9.17, 15) is 4.79 Å². The lowest BCUT2D eigenvalue weighted by Crippen LogP contribution is -2.12. The highest BCUT2D eigenvalue weighted by Gasteiger charge is 2.14. The zero-order valence-corrected chi connectivity index (χ0v) is 18.0. The Labute approximate surface area is 192 Å². The van der Waals surface area contributed by atoms with E-state index in [1.807, 2.05) is 54.6 Å². The van der Waals surface area contributed by atoms with Gasteiger partial charge in [-0.25, -0.2) is 0 Å². The van der Waals surface area contributed by atoms with Crippen LogP contribution in [0.5, 0.6) is 0 Å². The Morgan fingerprint density at radius 2 is 1.12 bits per heavy atom. The topological polar surface area (TPSA) is 29.1 Å². The maximum absolute atomic E-state index is 13.2. The summed E-state index contributed by atoms with van der Waals surface area (Å²) in [6.07, 6.45) is 0. The standard InChI is InChI=1S/C31H21NO/c33-31(24-18-17-21-9-1-2-10-22(21)19-24)32-30-16-8-7-15-28(30)29-20-23-11-3-4-12-25(23)26-13-5-6-14-27(26)29/h1-20H,(H,32,33). The van der Waals surface area contributed by atoms with Crippen LogP contribution in [0.4, 0.5) is 5.69 Å². The Balaban J connectivity index is 1.47. The molecule has 0 aliphatic rings. The smallest absolute Gasteiger partial charge is 0.255 e. The molecule has 0 aliphatic carbocycles. The highest BCUT2D eigenvalue weighted by Crippen LogP contribution is 2.38. The third kappa shape index (κ3) is 3.42. The van der Waals surface area contributed by atoms with Crippen LogP contribution < -0.4 is 5.32 Å². The molecule has 0 aliphatic heterocycles. The van der Waals surface area contributed by atoms with Crippen LogP contribution in [0.25, 0.3) is 43.4 Å². The van der Waals surface area contributed by atoms with Gasteiger partial charge in [-0.3, -0.25) is 4.79 Å². The summed E-state index contributed by atoms with van der Waals surface area (Å²) in [5, 5.41) is 10.1. The van der Waals surface area contributed by atoms with Crippen LogP contribution in [-0.4, -0.2) is 5.91 Å². The fraction of sp³-hybridized carbons (Fsp3) is 0. The van der Waals surface area contributed by atoms with E-state index in [0.29, 0.717) is 5.56 Å². The van der Waals surface area contributed by atoms with Gasteiger partial charge >= 0.3 is 0 Å². The van der Waals surface area contributed by atoms with Crippen LogP contribution in [0, 0.1) is 0 Å². The number of hydrogen-bond acceptors (Lipinski definition) is 1. The van der Waals surface area contributed by atoms with Gasteiger partial charge < -0.3 is 5.32 Å². The van der Waals surface area contributed by atoms with E-state index in [4.69, 9.17) is 0 Å². The Morgan fingerprint density at radius 1 is 0.485 bits per heavy atom. The van der Waals surface area contributed by atoms with Crippen LogP contribution in [0.15, 0.2) is 121 Å². The zero-order chi connectivity index (χ0) is 22.2. The number of nitrogens with one attached hydrogen (secondary N) is 1. The molecule has 6 rings (SSSR count). The average Bonchev–Trinajstić information content (AvgIpc) is 2.88. The van der Waals surface area contributed by atoms with E-state index in [0.717, 1.165) is 27.6 Å². The predicted molar refractivity (Wildman–Crippen MR) is 139 cm³/mol. The summed E-state index contributed by atoms with van der Waals surface area (Å²) in [7, 11) is 0. The first-order valence-electron chi connectivity index (χ1n) is 11.1. The minimum atomic E-state index is -0.113. The molecule has 0 heterocycles. The van der Waals surface area contributed by atoms with E-state index in [-0.39, 0.29) is 5.91 Å². The second kappa shape index (κ2) is 7.92. The lowest BCUT2D eigenvalue weighted by atomic mass is 9.92. The van der Waals surface area contributed by atoms with Crippen LogP contribution in [-0.2, 0) is 0 Å². The first-order chi connectivity index (χ1) is 16.3. The van der Waals surface area contributed by atoms with Gasteiger partial charge in [0.05, 0.1) is 0 Å². The van der Waals surface area contributed by atoms with Crippen molar-refractivity contribution in [2.75, 3.05) is 5.32 Å². The molecule has 0 atom stereocenters. The van der Waals surface area contributed by atoms with Gasteiger partial charge in [0.2, 0.25) is 0 Å². The van der Waals surface area contributed by atoms with Crippen LogP contribution >= 0.6 is 0 Å². The number of carbonyl (C=O) groups excluding carboxylic acids is 1. The normalized spacial score (nSPS) is 11.2. The zero-order valence-electron chi connectivity index (χ0n) is 18.0. The Bertz CT molecular complexity index is 1660. The lowest BCUT2D eigenvalue weighted by molar-refractivity contribution is 0.102. The Morgan fingerprint density at radius 3 is 1.97 bits per heavy atom. The van der Waals surface area contributed by atoms with E-state index in [2.05, 4.69) is 72.0 Å². The Kier molecular flexibility index (Phi) is 4.63. The minimum absolute atomic E-state index is 0.113. The molecule has 33 heavy (non-hydrogen) atoms. The molecule has 0 fully saturated rings. The van der Waals surface area contributed by atoms with Crippen molar-refractivity contribution < 1.29 is 4.79 Å². The third-order valence-electron chi connectivity index (χ3n) is 6.25. The molecular formula is C31H21NO. The van der Waals surface area contributed by atoms with Crippen molar-refractivity contribution >= 4 is 43.9 Å². The number of benzene rings is 6. The predicted octanol–water partition coefficient (Wildman–Crippen LogP) is 8.07. The summed E-state index contributed by atoms with van der Waals surface area (Å²) in [6, 6.07) is 41.0. The van der Waals surface area contributed by atoms with E-state index in [1.54, 1.807) is 0 Å². The fourth-order valence-electron chi connectivity index (χ4n) is 4.63. The molecule has 1 N–H and O–H groups in total. The number of carbonyl (C=O) groups is 1. The van der Waals surface area contributed by atoms with Crippen molar-refractivity contribution in [1.29, 1.82) is 0 Å². The number of amides is 1. The molecule has 6 aromatic carbocycles. The first-order valence-corrected chi connectivity index (χ1v) is 11.1. The molecule has 0 saturated heterocycles. The molecule has 0 unspecified atom stereocenters. The molecule has 0 spiro atoms. The average molecular weight is 424 g/mol. The second-order valence-corrected chi connectivity index (χ2v) is 8.25. The van der Waals surface area contributed by atoms with Crippen LogP contribution in [0.3, 0.4) is 0 Å². The van der Waals surface area contributed by atoms with Crippen molar-refractivity contribution in [3.63, 3.8) is 0 Å². The van der Waals surface area contributed by atoms with Gasteiger partial charge in [-0.2, -0.15) is 0 Å². The van der Waals surface area contributed by atoms with Crippen molar-refractivity contribution in [2.45, 2.75) is 0 Å². The third-order valence-corrected chi connectivity index (χ3v) is 6.25. The first kappa shape index (κ1) is 19.3. The van der Waals surface area contributed by atoms with Crippen molar-refractivity contribution in [1.82, 2.24) is 0 Å². The summed E-state index contributed by atoms with van der Waals surface area (Å²) in [6.45, 7) is 0. The summed E-state index contributed by atoms with van der Waals surface area (Å²) in [4.78, 5) is 13.2. The van der Waals surface area contributed by atoms with Gasteiger partial charge in [0, 0.05) is 16.8 Å². The maximum atomic E-state index is 13.2. The number of fused-ring (bicyclic) bond motifs is 4. The molecule has 6 aromatic rings. The van der Waals surface area contributed by atoms with E-state index >= 15 is 0 Å². The van der Waals surface area contributed by atoms with E-state index < -0.39 is 0 Å². The second-order valence-electron chi connectivity index (χ2n) is 8.25. The molecule has 2 heteroatoms. The highest BCUT2D eigenvalue weighted by molar-refractivity contribution is 6.16. The van der Waals surface area contributed by atoms with Gasteiger partial charge in [-0.05, 0) is 62.1 Å². The van der Waals surface area contributed by atoms with E-state index in [1.165, 1.54) is 21.5 Å². The van der Waals surface area contributed by atoms with Gasteiger partial charge in [-0.1, -0.05) is 97.1 Å². The van der Waals surface area contributed by atoms with Gasteiger partial charge in [-0.15, -0.1) is 0 Å². The molecular weight excluding hydrogens is 402 g/mol. The van der Waals surface area contributed by atoms with Gasteiger partial charge in [0.15, 0.2) is 0 Å².